The van der Waals surface area contributed by atoms with Crippen LogP contribution in [0.4, 0.5) is 0 Å². The number of nitrogens with one attached hydrogen (secondary N) is 3. The second-order valence-corrected chi connectivity index (χ2v) is 5.48. The number of carbonyl (C=O) groups excluding carboxylic acids is 1. The first-order valence-electron chi connectivity index (χ1n) is 7.22. The van der Waals surface area contributed by atoms with Crippen LogP contribution < -0.4 is 16.0 Å². The summed E-state index contributed by atoms with van der Waals surface area (Å²) in [6, 6.07) is 0. The molecule has 0 aromatic carbocycles. The van der Waals surface area contributed by atoms with E-state index in [2.05, 4.69) is 20.9 Å². The molecule has 126 valence electrons. The molecule has 0 saturated heterocycles. The van der Waals surface area contributed by atoms with Gasteiger partial charge in [0.05, 0.1) is 0 Å². The third-order valence-electron chi connectivity index (χ3n) is 2.57. The third-order valence-corrected chi connectivity index (χ3v) is 2.57. The Bertz CT molecular complexity index is 304. The Morgan fingerprint density at radius 3 is 2.19 bits per heavy atom. The molecule has 21 heavy (non-hydrogen) atoms. The van der Waals surface area contributed by atoms with Gasteiger partial charge >= 0.3 is 0 Å². The number of amides is 1. The Hall–Kier alpha value is -0.570. The van der Waals surface area contributed by atoms with Crippen molar-refractivity contribution in [2.45, 2.75) is 34.1 Å². The van der Waals surface area contributed by atoms with E-state index in [0.29, 0.717) is 13.1 Å². The molecular weight excluding hydrogens is 383 g/mol. The second-order valence-electron chi connectivity index (χ2n) is 5.48. The summed E-state index contributed by atoms with van der Waals surface area (Å²) >= 11 is 0. The zero-order valence-electron chi connectivity index (χ0n) is 13.9. The highest BCUT2D eigenvalue weighted by Gasteiger charge is 2.20. The minimum Gasteiger partial charge on any atom is -0.382 e. The van der Waals surface area contributed by atoms with E-state index in [1.807, 2.05) is 27.7 Å². The minimum atomic E-state index is -0.348. The van der Waals surface area contributed by atoms with Crippen LogP contribution >= 0.6 is 24.0 Å². The van der Waals surface area contributed by atoms with Gasteiger partial charge in [-0.05, 0) is 13.3 Å². The van der Waals surface area contributed by atoms with Crippen LogP contribution in [0.1, 0.15) is 34.1 Å². The van der Waals surface area contributed by atoms with Crippen molar-refractivity contribution in [1.82, 2.24) is 16.0 Å². The SMILES string of the molecule is CCOCCCNC(=NC)NCCNC(=O)C(C)(C)C.I. The molecular formula is C14H31IN4O2. The maximum atomic E-state index is 11.7. The fraction of sp³-hybridized carbons (Fsp3) is 0.857. The van der Waals surface area contributed by atoms with Crippen LogP contribution in [0.5, 0.6) is 0 Å². The molecule has 1 amide bonds. The zero-order valence-corrected chi connectivity index (χ0v) is 16.2. The van der Waals surface area contributed by atoms with Crippen molar-refractivity contribution in [1.29, 1.82) is 0 Å². The monoisotopic (exact) mass is 414 g/mol. The van der Waals surface area contributed by atoms with Gasteiger partial charge in [-0.25, -0.2) is 0 Å². The van der Waals surface area contributed by atoms with Gasteiger partial charge in [-0.15, -0.1) is 24.0 Å². The van der Waals surface area contributed by atoms with Gasteiger partial charge in [-0.3, -0.25) is 9.79 Å². The van der Waals surface area contributed by atoms with Gasteiger partial charge in [0.2, 0.25) is 5.91 Å². The fourth-order valence-corrected chi connectivity index (χ4v) is 1.37. The first-order valence-corrected chi connectivity index (χ1v) is 7.22. The lowest BCUT2D eigenvalue weighted by Crippen LogP contribution is -2.43. The van der Waals surface area contributed by atoms with Gasteiger partial charge in [-0.2, -0.15) is 0 Å². The molecule has 0 spiro atoms. The van der Waals surface area contributed by atoms with Gasteiger partial charge in [0.25, 0.3) is 0 Å². The molecule has 0 atom stereocenters. The first kappa shape index (κ1) is 22.7. The number of carbonyl (C=O) groups is 1. The van der Waals surface area contributed by atoms with Gasteiger partial charge in [0, 0.05) is 45.3 Å². The molecule has 0 aromatic heterocycles. The van der Waals surface area contributed by atoms with Crippen molar-refractivity contribution in [3.8, 4) is 0 Å². The molecule has 0 bridgehead atoms. The first-order chi connectivity index (χ1) is 9.41. The van der Waals surface area contributed by atoms with Gasteiger partial charge < -0.3 is 20.7 Å². The third kappa shape index (κ3) is 12.9. The van der Waals surface area contributed by atoms with Crippen molar-refractivity contribution < 1.29 is 9.53 Å². The number of halogens is 1. The van der Waals surface area contributed by atoms with E-state index >= 15 is 0 Å². The predicted molar refractivity (Wildman–Crippen MR) is 98.4 cm³/mol. The predicted octanol–water partition coefficient (Wildman–Crippen LogP) is 1.36. The molecule has 0 heterocycles. The van der Waals surface area contributed by atoms with Crippen LogP contribution in [0.2, 0.25) is 0 Å². The Morgan fingerprint density at radius 1 is 1.10 bits per heavy atom. The normalized spacial score (nSPS) is 11.6. The van der Waals surface area contributed by atoms with E-state index in [1.165, 1.54) is 0 Å². The van der Waals surface area contributed by atoms with Crippen LogP contribution in [0.25, 0.3) is 0 Å². The van der Waals surface area contributed by atoms with Crippen molar-refractivity contribution in [3.63, 3.8) is 0 Å². The van der Waals surface area contributed by atoms with Crippen LogP contribution in [0.15, 0.2) is 4.99 Å². The Labute approximate surface area is 145 Å². The van der Waals surface area contributed by atoms with E-state index in [9.17, 15) is 4.79 Å². The van der Waals surface area contributed by atoms with Crippen molar-refractivity contribution in [2.24, 2.45) is 10.4 Å². The van der Waals surface area contributed by atoms with Crippen molar-refractivity contribution in [2.75, 3.05) is 39.9 Å². The number of hydrogen-bond donors (Lipinski definition) is 3. The number of aliphatic imine (C=N–C) groups is 1. The lowest BCUT2D eigenvalue weighted by molar-refractivity contribution is -0.128. The molecule has 0 aliphatic carbocycles. The number of rotatable bonds is 8. The molecule has 0 aliphatic heterocycles. The molecule has 0 aliphatic rings. The number of ether oxygens (including phenoxy) is 1. The summed E-state index contributed by atoms with van der Waals surface area (Å²) in [7, 11) is 1.73. The zero-order chi connectivity index (χ0) is 15.4. The van der Waals surface area contributed by atoms with Gasteiger partial charge in [0.1, 0.15) is 0 Å². The van der Waals surface area contributed by atoms with Crippen LogP contribution in [0, 0.1) is 5.41 Å². The van der Waals surface area contributed by atoms with Crippen molar-refractivity contribution >= 4 is 35.8 Å². The van der Waals surface area contributed by atoms with Gasteiger partial charge in [0.15, 0.2) is 5.96 Å². The highest BCUT2D eigenvalue weighted by atomic mass is 127. The number of hydrogen-bond acceptors (Lipinski definition) is 3. The molecule has 6 nitrogen and oxygen atoms in total. The number of guanidine groups is 1. The number of nitrogens with zero attached hydrogens (tertiary/aromatic N) is 1. The minimum absolute atomic E-state index is 0. The molecule has 3 N–H and O–H groups in total. The lowest BCUT2D eigenvalue weighted by Gasteiger charge is -2.18. The average molecular weight is 414 g/mol. The summed E-state index contributed by atoms with van der Waals surface area (Å²) in [5, 5.41) is 9.23. The van der Waals surface area contributed by atoms with Crippen LogP contribution in [-0.4, -0.2) is 51.8 Å². The lowest BCUT2D eigenvalue weighted by atomic mass is 9.96. The molecule has 0 saturated carbocycles. The summed E-state index contributed by atoms with van der Waals surface area (Å²) in [6.45, 7) is 11.2. The summed E-state index contributed by atoms with van der Waals surface area (Å²) in [6.07, 6.45) is 0.940. The molecule has 0 radical (unpaired) electrons. The molecule has 0 unspecified atom stereocenters. The largest absolute Gasteiger partial charge is 0.382 e. The van der Waals surface area contributed by atoms with Gasteiger partial charge in [-0.1, -0.05) is 20.8 Å². The molecule has 0 fully saturated rings. The Morgan fingerprint density at radius 2 is 1.67 bits per heavy atom. The van der Waals surface area contributed by atoms with Crippen molar-refractivity contribution in [3.05, 3.63) is 0 Å². The standard InChI is InChI=1S/C14H30N4O2.HI/c1-6-20-11-7-8-17-13(15-5)18-10-9-16-12(19)14(2,3)4;/h6-11H2,1-5H3,(H,16,19)(H2,15,17,18);1H. The van der Waals surface area contributed by atoms with Crippen LogP contribution in [0.3, 0.4) is 0 Å². The fourth-order valence-electron chi connectivity index (χ4n) is 1.37. The van der Waals surface area contributed by atoms with E-state index in [-0.39, 0.29) is 35.3 Å². The summed E-state index contributed by atoms with van der Waals surface area (Å²) in [5.74, 6) is 0.797. The molecule has 0 rings (SSSR count). The average Bonchev–Trinajstić information content (AvgIpc) is 2.39. The summed E-state index contributed by atoms with van der Waals surface area (Å²) in [5.41, 5.74) is -0.348. The topological polar surface area (TPSA) is 74.8 Å². The highest BCUT2D eigenvalue weighted by molar-refractivity contribution is 14.0. The summed E-state index contributed by atoms with van der Waals surface area (Å²) < 4.78 is 5.26. The summed E-state index contributed by atoms with van der Waals surface area (Å²) in [4.78, 5) is 15.8. The van der Waals surface area contributed by atoms with E-state index in [1.54, 1.807) is 7.05 Å². The van der Waals surface area contributed by atoms with E-state index < -0.39 is 0 Å². The van der Waals surface area contributed by atoms with E-state index in [4.69, 9.17) is 4.74 Å². The maximum Gasteiger partial charge on any atom is 0.225 e. The Balaban J connectivity index is 0. The quantitative estimate of drug-likeness (QED) is 0.243. The van der Waals surface area contributed by atoms with Crippen LogP contribution in [-0.2, 0) is 9.53 Å². The molecule has 7 heteroatoms. The smallest absolute Gasteiger partial charge is 0.225 e. The maximum absolute atomic E-state index is 11.7. The highest BCUT2D eigenvalue weighted by Crippen LogP contribution is 2.11. The Kier molecular flexibility index (Phi) is 14.2. The second kappa shape index (κ2) is 13.1. The molecule has 0 aromatic rings. The van der Waals surface area contributed by atoms with E-state index in [0.717, 1.165) is 32.1 Å².